The molecule has 1 aromatic carbocycles. The molecule has 2 heterocycles. The van der Waals surface area contributed by atoms with E-state index in [1.807, 2.05) is 13.0 Å². The second-order valence-corrected chi connectivity index (χ2v) is 5.66. The molecule has 1 amide bonds. The van der Waals surface area contributed by atoms with Crippen LogP contribution in [-0.2, 0) is 6.54 Å². The van der Waals surface area contributed by atoms with Crippen LogP contribution in [0.4, 0.5) is 4.39 Å². The maximum Gasteiger partial charge on any atom is 0.270 e. The summed E-state index contributed by atoms with van der Waals surface area (Å²) in [7, 11) is 1.53. The summed E-state index contributed by atoms with van der Waals surface area (Å²) in [5.74, 6) is -0.882. The van der Waals surface area contributed by atoms with Gasteiger partial charge in [-0.15, -0.1) is 0 Å². The van der Waals surface area contributed by atoms with E-state index in [2.05, 4.69) is 4.98 Å². The van der Waals surface area contributed by atoms with E-state index in [1.54, 1.807) is 30.5 Å². The predicted molar refractivity (Wildman–Crippen MR) is 88.4 cm³/mol. The van der Waals surface area contributed by atoms with Crippen LogP contribution < -0.4 is 5.56 Å². The lowest BCUT2D eigenvalue weighted by Gasteiger charge is -2.17. The van der Waals surface area contributed by atoms with E-state index < -0.39 is 11.5 Å². The molecule has 6 heteroatoms. The van der Waals surface area contributed by atoms with Gasteiger partial charge in [0.25, 0.3) is 11.5 Å². The first-order valence-electron chi connectivity index (χ1n) is 7.44. The molecule has 2 aromatic heterocycles. The molecular formula is C18H16FN3O2. The SMILES string of the molecule is Cc1ccc2ncc(C(=O)N(C)Cc3ccccc3F)c(=O)n2c1. The first-order valence-corrected chi connectivity index (χ1v) is 7.44. The molecule has 0 unspecified atom stereocenters. The Kier molecular flexibility index (Phi) is 4.12. The fourth-order valence-electron chi connectivity index (χ4n) is 2.49. The van der Waals surface area contributed by atoms with Crippen LogP contribution in [0.3, 0.4) is 0 Å². The van der Waals surface area contributed by atoms with Gasteiger partial charge < -0.3 is 4.90 Å². The van der Waals surface area contributed by atoms with Gasteiger partial charge in [0, 0.05) is 31.5 Å². The minimum Gasteiger partial charge on any atom is -0.337 e. The number of carbonyl (C=O) groups is 1. The van der Waals surface area contributed by atoms with Crippen molar-refractivity contribution in [2.45, 2.75) is 13.5 Å². The number of rotatable bonds is 3. The number of halogens is 1. The third-order valence-electron chi connectivity index (χ3n) is 3.79. The first kappa shape index (κ1) is 15.9. The summed E-state index contributed by atoms with van der Waals surface area (Å²) >= 11 is 0. The van der Waals surface area contributed by atoms with Gasteiger partial charge in [-0.25, -0.2) is 9.37 Å². The predicted octanol–water partition coefficient (Wildman–Crippen LogP) is 2.41. The molecule has 0 saturated carbocycles. The van der Waals surface area contributed by atoms with E-state index in [-0.39, 0.29) is 17.9 Å². The number of amides is 1. The number of aryl methyl sites for hydroxylation is 1. The normalized spacial score (nSPS) is 10.8. The van der Waals surface area contributed by atoms with Crippen LogP contribution in [0.1, 0.15) is 21.5 Å². The lowest BCUT2D eigenvalue weighted by Crippen LogP contribution is -2.33. The average Bonchev–Trinajstić information content (AvgIpc) is 2.57. The third-order valence-corrected chi connectivity index (χ3v) is 3.79. The van der Waals surface area contributed by atoms with Gasteiger partial charge in [0.2, 0.25) is 0 Å². The quantitative estimate of drug-likeness (QED) is 0.743. The van der Waals surface area contributed by atoms with E-state index in [0.717, 1.165) is 5.56 Å². The molecule has 0 aliphatic rings. The Morgan fingerprint density at radius 1 is 1.25 bits per heavy atom. The molecule has 0 atom stereocenters. The molecule has 0 fully saturated rings. The molecule has 0 saturated heterocycles. The monoisotopic (exact) mass is 325 g/mol. The van der Waals surface area contributed by atoms with Gasteiger partial charge in [-0.05, 0) is 24.6 Å². The van der Waals surface area contributed by atoms with Crippen molar-refractivity contribution in [1.82, 2.24) is 14.3 Å². The zero-order valence-corrected chi connectivity index (χ0v) is 13.4. The minimum atomic E-state index is -0.494. The molecule has 3 aromatic rings. The molecule has 0 radical (unpaired) electrons. The zero-order valence-electron chi connectivity index (χ0n) is 13.4. The van der Waals surface area contributed by atoms with E-state index in [0.29, 0.717) is 11.2 Å². The number of hydrogen-bond acceptors (Lipinski definition) is 3. The van der Waals surface area contributed by atoms with Crippen LogP contribution in [0, 0.1) is 12.7 Å². The van der Waals surface area contributed by atoms with Gasteiger partial charge in [0.05, 0.1) is 0 Å². The van der Waals surface area contributed by atoms with Crippen LogP contribution in [0.2, 0.25) is 0 Å². The third kappa shape index (κ3) is 2.90. The number of aromatic nitrogens is 2. The van der Waals surface area contributed by atoms with Gasteiger partial charge in [0.15, 0.2) is 0 Å². The van der Waals surface area contributed by atoms with Gasteiger partial charge >= 0.3 is 0 Å². The van der Waals surface area contributed by atoms with Crippen molar-refractivity contribution in [1.29, 1.82) is 0 Å². The van der Waals surface area contributed by atoms with E-state index in [9.17, 15) is 14.0 Å². The van der Waals surface area contributed by atoms with Gasteiger partial charge in [-0.3, -0.25) is 14.0 Å². The molecule has 24 heavy (non-hydrogen) atoms. The van der Waals surface area contributed by atoms with Crippen LogP contribution in [0.25, 0.3) is 5.65 Å². The molecule has 0 N–H and O–H groups in total. The highest BCUT2D eigenvalue weighted by Crippen LogP contribution is 2.10. The van der Waals surface area contributed by atoms with Crippen molar-refractivity contribution >= 4 is 11.6 Å². The summed E-state index contributed by atoms with van der Waals surface area (Å²) in [6.07, 6.45) is 2.91. The number of hydrogen-bond donors (Lipinski definition) is 0. The lowest BCUT2D eigenvalue weighted by molar-refractivity contribution is 0.0781. The lowest BCUT2D eigenvalue weighted by atomic mass is 10.2. The Balaban J connectivity index is 1.95. The number of pyridine rings is 1. The number of benzene rings is 1. The molecule has 122 valence electrons. The smallest absolute Gasteiger partial charge is 0.270 e. The molecule has 0 aliphatic carbocycles. The summed E-state index contributed by atoms with van der Waals surface area (Å²) in [4.78, 5) is 30.6. The zero-order chi connectivity index (χ0) is 17.3. The standard InChI is InChI=1S/C18H16FN3O2/c1-12-7-8-16-20-9-14(18(24)22(16)10-12)17(23)21(2)11-13-5-3-4-6-15(13)19/h3-10H,11H2,1-2H3. The van der Waals surface area contributed by atoms with E-state index in [1.165, 1.54) is 28.6 Å². The van der Waals surface area contributed by atoms with Gasteiger partial charge in [-0.2, -0.15) is 0 Å². The summed E-state index contributed by atoms with van der Waals surface area (Å²) in [6.45, 7) is 1.92. The van der Waals surface area contributed by atoms with E-state index in [4.69, 9.17) is 0 Å². The van der Waals surface area contributed by atoms with Crippen molar-refractivity contribution in [2.24, 2.45) is 0 Å². The molecular weight excluding hydrogens is 309 g/mol. The van der Waals surface area contributed by atoms with Crippen molar-refractivity contribution in [3.05, 3.63) is 81.7 Å². The molecule has 0 spiro atoms. The largest absolute Gasteiger partial charge is 0.337 e. The van der Waals surface area contributed by atoms with Crippen LogP contribution >= 0.6 is 0 Å². The Morgan fingerprint density at radius 2 is 2.00 bits per heavy atom. The van der Waals surface area contributed by atoms with E-state index >= 15 is 0 Å². The highest BCUT2D eigenvalue weighted by atomic mass is 19.1. The average molecular weight is 325 g/mol. The molecule has 5 nitrogen and oxygen atoms in total. The second kappa shape index (κ2) is 6.23. The Hall–Kier alpha value is -3.02. The fraction of sp³-hybridized carbons (Fsp3) is 0.167. The number of nitrogens with zero attached hydrogens (tertiary/aromatic N) is 3. The highest BCUT2D eigenvalue weighted by molar-refractivity contribution is 5.93. The van der Waals surface area contributed by atoms with Gasteiger partial charge in [-0.1, -0.05) is 24.3 Å². The molecule has 0 aliphatic heterocycles. The summed E-state index contributed by atoms with van der Waals surface area (Å²) in [5.41, 5.74) is 1.26. The summed E-state index contributed by atoms with van der Waals surface area (Å²) in [5, 5.41) is 0. The number of fused-ring (bicyclic) bond motifs is 1. The van der Waals surface area contributed by atoms with Crippen LogP contribution in [0.5, 0.6) is 0 Å². The van der Waals surface area contributed by atoms with Crippen molar-refractivity contribution in [3.8, 4) is 0 Å². The van der Waals surface area contributed by atoms with Crippen molar-refractivity contribution < 1.29 is 9.18 Å². The fourth-order valence-corrected chi connectivity index (χ4v) is 2.49. The summed E-state index contributed by atoms with van der Waals surface area (Å²) < 4.78 is 15.1. The highest BCUT2D eigenvalue weighted by Gasteiger charge is 2.18. The van der Waals surface area contributed by atoms with Crippen molar-refractivity contribution in [2.75, 3.05) is 7.05 Å². The minimum absolute atomic E-state index is 0.0445. The maximum absolute atomic E-state index is 13.7. The number of carbonyl (C=O) groups excluding carboxylic acids is 1. The maximum atomic E-state index is 13.7. The first-order chi connectivity index (χ1) is 11.5. The van der Waals surface area contributed by atoms with Crippen LogP contribution in [0.15, 0.2) is 53.6 Å². The topological polar surface area (TPSA) is 54.7 Å². The Labute approximate surface area is 138 Å². The van der Waals surface area contributed by atoms with Gasteiger partial charge in [0.1, 0.15) is 17.0 Å². The molecule has 0 bridgehead atoms. The summed E-state index contributed by atoms with van der Waals surface area (Å²) in [6, 6.07) is 9.78. The van der Waals surface area contributed by atoms with Crippen molar-refractivity contribution in [3.63, 3.8) is 0 Å². The molecule has 3 rings (SSSR count). The Morgan fingerprint density at radius 3 is 2.75 bits per heavy atom. The second-order valence-electron chi connectivity index (χ2n) is 5.66. The Bertz CT molecular complexity index is 981. The van der Waals surface area contributed by atoms with Crippen LogP contribution in [-0.4, -0.2) is 27.2 Å².